The second-order valence-electron chi connectivity index (χ2n) is 9.13. The van der Waals surface area contributed by atoms with Gasteiger partial charge in [0.25, 0.3) is 0 Å². The molecular formula is C30H22Mg2O6P2. The Morgan fingerprint density at radius 1 is 0.425 bits per heavy atom. The van der Waals surface area contributed by atoms with E-state index in [1.165, 1.54) is 0 Å². The molecule has 0 saturated carbocycles. The zero-order chi connectivity index (χ0) is 26.9. The molecule has 0 N–H and O–H groups in total. The number of hydrogen-bond donors (Lipinski definition) is 0. The van der Waals surface area contributed by atoms with Crippen LogP contribution in [0.4, 0.5) is 0 Å². The molecule has 0 saturated heterocycles. The van der Waals surface area contributed by atoms with Gasteiger partial charge in [-0.15, -0.1) is 0 Å². The van der Waals surface area contributed by atoms with Gasteiger partial charge < -0.3 is 28.7 Å². The van der Waals surface area contributed by atoms with Crippen LogP contribution in [0.2, 0.25) is 0 Å². The Balaban J connectivity index is 0.000000210. The molecule has 40 heavy (non-hydrogen) atoms. The molecule has 0 aliphatic carbocycles. The van der Waals surface area contributed by atoms with Crippen molar-refractivity contribution in [3.05, 3.63) is 120 Å². The van der Waals surface area contributed by atoms with Crippen LogP contribution >= 0.6 is 15.2 Å². The first kappa shape index (κ1) is 32.7. The van der Waals surface area contributed by atoms with Gasteiger partial charge in [0.1, 0.15) is 0 Å². The summed E-state index contributed by atoms with van der Waals surface area (Å²) in [6.07, 6.45) is -0.899. The van der Waals surface area contributed by atoms with Gasteiger partial charge in [-0.25, -0.2) is 0 Å². The van der Waals surface area contributed by atoms with Crippen LogP contribution in [0.25, 0.3) is 43.1 Å². The molecule has 0 fully saturated rings. The molecule has 10 heteroatoms. The summed E-state index contributed by atoms with van der Waals surface area (Å²) >= 11 is 0. The van der Waals surface area contributed by atoms with E-state index in [0.29, 0.717) is 11.1 Å². The fourth-order valence-electron chi connectivity index (χ4n) is 4.94. The molecule has 6 nitrogen and oxygen atoms in total. The summed E-state index contributed by atoms with van der Waals surface area (Å²) in [6, 6.07) is 34.1. The summed E-state index contributed by atoms with van der Waals surface area (Å²) in [4.78, 5) is 44.6. The number of hydrogen-bond acceptors (Lipinski definition) is 6. The zero-order valence-electron chi connectivity index (χ0n) is 21.6. The Morgan fingerprint density at radius 2 is 0.650 bits per heavy atom. The number of benzene rings is 6. The van der Waals surface area contributed by atoms with Crippen LogP contribution in [0.5, 0.6) is 0 Å². The molecule has 0 amide bonds. The van der Waals surface area contributed by atoms with Crippen LogP contribution in [-0.4, -0.2) is 46.1 Å². The summed E-state index contributed by atoms with van der Waals surface area (Å²) in [7, 11) is -9.19. The van der Waals surface area contributed by atoms with Gasteiger partial charge in [-0.2, -0.15) is 0 Å². The summed E-state index contributed by atoms with van der Waals surface area (Å²) < 4.78 is 22.3. The summed E-state index contributed by atoms with van der Waals surface area (Å²) in [5.41, 5.74) is 1.20. The smallest absolute Gasteiger partial charge is 0.810 e. The second-order valence-corrected chi connectivity index (χ2v) is 12.2. The zero-order valence-corrected chi connectivity index (χ0v) is 26.2. The minimum Gasteiger partial charge on any atom is -0.810 e. The molecule has 6 aromatic rings. The van der Waals surface area contributed by atoms with Crippen molar-refractivity contribution in [1.82, 2.24) is 0 Å². The largest absolute Gasteiger partial charge is 2.00 e. The molecule has 6 aromatic carbocycles. The van der Waals surface area contributed by atoms with Crippen LogP contribution in [-0.2, 0) is 21.5 Å². The summed E-state index contributed by atoms with van der Waals surface area (Å²) in [6.45, 7) is 0. The second kappa shape index (κ2) is 13.4. The average molecular weight is 589 g/mol. The summed E-state index contributed by atoms with van der Waals surface area (Å²) in [5, 5.41) is 7.10. The Kier molecular flexibility index (Phi) is 11.0. The van der Waals surface area contributed by atoms with Gasteiger partial charge in [0.05, 0.1) is 0 Å². The molecule has 0 heterocycles. The first-order valence-electron chi connectivity index (χ1n) is 11.9. The van der Waals surface area contributed by atoms with E-state index < -0.39 is 27.5 Å². The third-order valence-corrected chi connectivity index (χ3v) is 7.88. The Labute approximate surface area is 264 Å². The average Bonchev–Trinajstić information content (AvgIpc) is 2.87. The Morgan fingerprint density at radius 3 is 0.875 bits per heavy atom. The van der Waals surface area contributed by atoms with E-state index >= 15 is 0 Å². The van der Waals surface area contributed by atoms with E-state index in [2.05, 4.69) is 0 Å². The van der Waals surface area contributed by atoms with Gasteiger partial charge in [-0.1, -0.05) is 112 Å². The Hall–Kier alpha value is -1.81. The molecule has 0 unspecified atom stereocenters. The van der Waals surface area contributed by atoms with Gasteiger partial charge in [0.2, 0.25) is 0 Å². The molecule has 6 rings (SSSR count). The van der Waals surface area contributed by atoms with Crippen LogP contribution in [0.15, 0.2) is 109 Å². The van der Waals surface area contributed by atoms with Crippen molar-refractivity contribution in [3.8, 4) is 0 Å². The first-order chi connectivity index (χ1) is 18.1. The maximum Gasteiger partial charge on any atom is 2.00 e. The van der Waals surface area contributed by atoms with Gasteiger partial charge in [-0.05, 0) is 66.3 Å². The molecule has 0 aliphatic heterocycles. The third kappa shape index (κ3) is 7.72. The maximum atomic E-state index is 11.2. The van der Waals surface area contributed by atoms with Crippen LogP contribution < -0.4 is 19.6 Å². The molecule has 0 spiro atoms. The number of fused-ring (bicyclic) bond motifs is 4. The molecule has 0 radical (unpaired) electrons. The van der Waals surface area contributed by atoms with Crippen LogP contribution in [0, 0.1) is 0 Å². The van der Waals surface area contributed by atoms with Gasteiger partial charge in [-0.3, -0.25) is 0 Å². The van der Waals surface area contributed by atoms with E-state index in [0.717, 1.165) is 43.1 Å². The Bertz CT molecular complexity index is 1650. The van der Waals surface area contributed by atoms with Crippen molar-refractivity contribution in [2.24, 2.45) is 0 Å². The minimum atomic E-state index is -4.60. The van der Waals surface area contributed by atoms with Crippen molar-refractivity contribution in [2.45, 2.75) is 12.3 Å². The van der Waals surface area contributed by atoms with E-state index in [9.17, 15) is 28.7 Å². The molecule has 0 atom stereocenters. The predicted molar refractivity (Wildman–Crippen MR) is 157 cm³/mol. The fraction of sp³-hybridized carbons (Fsp3) is 0.0667. The quantitative estimate of drug-likeness (QED) is 0.174. The summed E-state index contributed by atoms with van der Waals surface area (Å²) in [5.74, 6) is 0. The number of rotatable bonds is 4. The molecule has 0 aromatic heterocycles. The normalized spacial score (nSPS) is 11.5. The van der Waals surface area contributed by atoms with Crippen LogP contribution in [0.1, 0.15) is 11.1 Å². The van der Waals surface area contributed by atoms with E-state index in [1.54, 1.807) is 0 Å². The van der Waals surface area contributed by atoms with Gasteiger partial charge in [0, 0.05) is 12.3 Å². The van der Waals surface area contributed by atoms with Crippen molar-refractivity contribution < 1.29 is 28.7 Å². The van der Waals surface area contributed by atoms with E-state index in [4.69, 9.17) is 0 Å². The minimum absolute atomic E-state index is 0. The van der Waals surface area contributed by atoms with E-state index in [-0.39, 0.29) is 46.1 Å². The molecule has 0 aliphatic rings. The van der Waals surface area contributed by atoms with Gasteiger partial charge in [0.15, 0.2) is 0 Å². The first-order valence-corrected chi connectivity index (χ1v) is 15.4. The predicted octanol–water partition coefficient (Wildman–Crippen LogP) is 4.05. The van der Waals surface area contributed by atoms with Crippen molar-refractivity contribution in [2.75, 3.05) is 0 Å². The van der Waals surface area contributed by atoms with Crippen molar-refractivity contribution in [3.63, 3.8) is 0 Å². The van der Waals surface area contributed by atoms with Gasteiger partial charge >= 0.3 is 46.1 Å². The fourth-order valence-corrected chi connectivity index (χ4v) is 6.40. The van der Waals surface area contributed by atoms with Crippen molar-refractivity contribution in [1.29, 1.82) is 0 Å². The third-order valence-electron chi connectivity index (χ3n) is 6.47. The van der Waals surface area contributed by atoms with E-state index in [1.807, 2.05) is 109 Å². The molecule has 0 bridgehead atoms. The SMILES string of the molecule is O=P([O-])([O-])Cc1c2ccccc2cc2ccccc12.O=P([O-])([O-])Cc1c2ccccc2cc2ccccc12.[Mg+2].[Mg+2]. The topological polar surface area (TPSA) is 126 Å². The molecule has 192 valence electrons. The maximum absolute atomic E-state index is 11.2. The standard InChI is InChI=1S/2C15H13O3P.2Mg/c2*16-19(17,18)10-15-13-7-3-1-5-11(13)9-12-6-2-4-8-14(12)15;;/h2*1-9H,10H2,(H2,16,17,18);;/q;;2*+2/p-4. The monoisotopic (exact) mass is 588 g/mol. The van der Waals surface area contributed by atoms with Crippen LogP contribution in [0.3, 0.4) is 0 Å². The molecular weight excluding hydrogens is 567 g/mol. The van der Waals surface area contributed by atoms with Crippen molar-refractivity contribution >= 4 is 104 Å².